The van der Waals surface area contributed by atoms with Gasteiger partial charge in [-0.05, 0) is 42.9 Å². The van der Waals surface area contributed by atoms with Gasteiger partial charge in [0.1, 0.15) is 5.82 Å². The molecular weight excluding hydrogens is 307 g/mol. The van der Waals surface area contributed by atoms with Crippen LogP contribution in [0.1, 0.15) is 50.1 Å². The molecule has 5 heteroatoms. The molecule has 3 rings (SSSR count). The molecule has 2 aliphatic rings. The molecule has 1 aromatic rings. The highest BCUT2D eigenvalue weighted by Gasteiger charge is 2.33. The first kappa shape index (κ1) is 16.9. The van der Waals surface area contributed by atoms with Gasteiger partial charge in [0, 0.05) is 25.9 Å². The molecule has 1 aromatic carbocycles. The number of nitrogens with zero attached hydrogens (tertiary/aromatic N) is 1. The number of halogens is 1. The summed E-state index contributed by atoms with van der Waals surface area (Å²) in [6.45, 7) is 0.627. The van der Waals surface area contributed by atoms with Crippen LogP contribution in [0.15, 0.2) is 24.3 Å². The molecule has 0 radical (unpaired) electrons. The molecule has 0 aromatic heterocycles. The lowest BCUT2D eigenvalue weighted by Crippen LogP contribution is -2.43. The smallest absolute Gasteiger partial charge is 0.224 e. The quantitative estimate of drug-likeness (QED) is 0.921. The third-order valence-corrected chi connectivity index (χ3v) is 5.43. The Balaban J connectivity index is 1.72. The third-order valence-electron chi connectivity index (χ3n) is 5.43. The van der Waals surface area contributed by atoms with Gasteiger partial charge in [0.25, 0.3) is 0 Å². The van der Waals surface area contributed by atoms with Crippen molar-refractivity contribution in [1.29, 1.82) is 0 Å². The van der Waals surface area contributed by atoms with Gasteiger partial charge in [-0.1, -0.05) is 25.0 Å². The Labute approximate surface area is 142 Å². The molecule has 130 valence electrons. The van der Waals surface area contributed by atoms with Gasteiger partial charge in [-0.2, -0.15) is 0 Å². The van der Waals surface area contributed by atoms with Crippen molar-refractivity contribution in [3.63, 3.8) is 0 Å². The zero-order valence-electron chi connectivity index (χ0n) is 14.1. The predicted octanol–water partition coefficient (Wildman–Crippen LogP) is 3.04. The molecule has 2 atom stereocenters. The first-order valence-corrected chi connectivity index (χ1v) is 8.84. The van der Waals surface area contributed by atoms with E-state index in [0.717, 1.165) is 18.4 Å². The summed E-state index contributed by atoms with van der Waals surface area (Å²) in [6, 6.07) is 6.33. The minimum atomic E-state index is -0.267. The molecule has 1 aliphatic heterocycles. The fourth-order valence-electron chi connectivity index (χ4n) is 3.87. The van der Waals surface area contributed by atoms with Crippen LogP contribution in [0.25, 0.3) is 0 Å². The molecule has 0 spiro atoms. The van der Waals surface area contributed by atoms with Crippen molar-refractivity contribution in [1.82, 2.24) is 10.2 Å². The Morgan fingerprint density at radius 3 is 2.50 bits per heavy atom. The first-order chi connectivity index (χ1) is 11.5. The van der Waals surface area contributed by atoms with Crippen molar-refractivity contribution >= 4 is 11.8 Å². The second kappa shape index (κ2) is 7.32. The summed E-state index contributed by atoms with van der Waals surface area (Å²) in [5.74, 6) is -0.145. The molecule has 2 fully saturated rings. The second-order valence-corrected chi connectivity index (χ2v) is 7.09. The first-order valence-electron chi connectivity index (χ1n) is 8.84. The maximum Gasteiger partial charge on any atom is 0.224 e. The average molecular weight is 332 g/mol. The zero-order valence-corrected chi connectivity index (χ0v) is 14.1. The van der Waals surface area contributed by atoms with Crippen molar-refractivity contribution in [2.45, 2.75) is 44.6 Å². The van der Waals surface area contributed by atoms with Crippen molar-refractivity contribution in [3.8, 4) is 0 Å². The topological polar surface area (TPSA) is 49.4 Å². The Morgan fingerprint density at radius 1 is 1.21 bits per heavy atom. The lowest BCUT2D eigenvalue weighted by Gasteiger charge is -2.31. The standard InChI is InChI=1S/C19H25FN2O2/c1-22-11-10-15(12-17(22)23)19(24)21-18(13-4-2-3-5-13)14-6-8-16(20)9-7-14/h6-9,13,15,18H,2-5,10-12H2,1H3,(H,21,24). The van der Waals surface area contributed by atoms with Gasteiger partial charge in [0.15, 0.2) is 0 Å². The third kappa shape index (κ3) is 3.77. The van der Waals surface area contributed by atoms with E-state index in [4.69, 9.17) is 0 Å². The largest absolute Gasteiger partial charge is 0.349 e. The van der Waals surface area contributed by atoms with Crippen molar-refractivity contribution < 1.29 is 14.0 Å². The number of hydrogen-bond donors (Lipinski definition) is 1. The minimum Gasteiger partial charge on any atom is -0.349 e. The van der Waals surface area contributed by atoms with Gasteiger partial charge in [0.05, 0.1) is 6.04 Å². The summed E-state index contributed by atoms with van der Waals surface area (Å²) < 4.78 is 13.2. The fourth-order valence-corrected chi connectivity index (χ4v) is 3.87. The monoisotopic (exact) mass is 332 g/mol. The van der Waals surface area contributed by atoms with E-state index in [9.17, 15) is 14.0 Å². The molecule has 0 bridgehead atoms. The lowest BCUT2D eigenvalue weighted by molar-refractivity contribution is -0.139. The molecule has 4 nitrogen and oxygen atoms in total. The van der Waals surface area contributed by atoms with Crippen LogP contribution in [0.5, 0.6) is 0 Å². The van der Waals surface area contributed by atoms with Crippen LogP contribution in [-0.4, -0.2) is 30.3 Å². The Bertz CT molecular complexity index is 596. The van der Waals surface area contributed by atoms with Gasteiger partial charge in [-0.15, -0.1) is 0 Å². The second-order valence-electron chi connectivity index (χ2n) is 7.09. The summed E-state index contributed by atoms with van der Waals surface area (Å²) in [4.78, 5) is 26.2. The van der Waals surface area contributed by atoms with Gasteiger partial charge in [-0.25, -0.2) is 4.39 Å². The molecule has 1 N–H and O–H groups in total. The highest BCUT2D eigenvalue weighted by molar-refractivity contribution is 5.87. The van der Waals surface area contributed by atoms with E-state index in [-0.39, 0.29) is 36.0 Å². The van der Waals surface area contributed by atoms with Crippen LogP contribution < -0.4 is 5.32 Å². The van der Waals surface area contributed by atoms with Crippen LogP contribution in [0.4, 0.5) is 4.39 Å². The summed E-state index contributed by atoms with van der Waals surface area (Å²) >= 11 is 0. The van der Waals surface area contributed by atoms with Crippen molar-refractivity contribution in [2.24, 2.45) is 11.8 Å². The van der Waals surface area contributed by atoms with Crippen molar-refractivity contribution in [3.05, 3.63) is 35.6 Å². The SMILES string of the molecule is CN1CCC(C(=O)NC(c2ccc(F)cc2)C2CCCC2)CC1=O. The van der Waals surface area contributed by atoms with Crippen LogP contribution in [-0.2, 0) is 9.59 Å². The fraction of sp³-hybridized carbons (Fsp3) is 0.579. The normalized spacial score (nSPS) is 23.3. The van der Waals surface area contributed by atoms with E-state index in [0.29, 0.717) is 18.9 Å². The number of carbonyl (C=O) groups excluding carboxylic acids is 2. The van der Waals surface area contributed by atoms with Crippen LogP contribution in [0, 0.1) is 17.7 Å². The molecule has 1 heterocycles. The van der Waals surface area contributed by atoms with E-state index < -0.39 is 0 Å². The average Bonchev–Trinajstić information content (AvgIpc) is 3.10. The summed E-state index contributed by atoms with van der Waals surface area (Å²) in [7, 11) is 1.77. The predicted molar refractivity (Wildman–Crippen MR) is 89.6 cm³/mol. The zero-order chi connectivity index (χ0) is 17.1. The van der Waals surface area contributed by atoms with E-state index >= 15 is 0 Å². The van der Waals surface area contributed by atoms with Gasteiger partial charge in [0.2, 0.25) is 11.8 Å². The number of amides is 2. The van der Waals surface area contributed by atoms with Crippen LogP contribution in [0.2, 0.25) is 0 Å². The van der Waals surface area contributed by atoms with Gasteiger partial charge >= 0.3 is 0 Å². The molecule has 24 heavy (non-hydrogen) atoms. The summed E-state index contributed by atoms with van der Waals surface area (Å²) in [5.41, 5.74) is 0.955. The molecule has 1 aliphatic carbocycles. The molecular formula is C19H25FN2O2. The molecule has 1 saturated carbocycles. The number of likely N-dealkylation sites (tertiary alicyclic amines) is 1. The summed E-state index contributed by atoms with van der Waals surface area (Å²) in [6.07, 6.45) is 5.48. The summed E-state index contributed by atoms with van der Waals surface area (Å²) in [5, 5.41) is 3.17. The van der Waals surface area contributed by atoms with E-state index in [1.54, 1.807) is 24.1 Å². The van der Waals surface area contributed by atoms with E-state index in [1.807, 2.05) is 0 Å². The van der Waals surface area contributed by atoms with E-state index in [1.165, 1.54) is 25.0 Å². The molecule has 1 saturated heterocycles. The highest BCUT2D eigenvalue weighted by atomic mass is 19.1. The number of hydrogen-bond acceptors (Lipinski definition) is 2. The van der Waals surface area contributed by atoms with Crippen LogP contribution >= 0.6 is 0 Å². The molecule has 2 amide bonds. The van der Waals surface area contributed by atoms with Crippen molar-refractivity contribution in [2.75, 3.05) is 13.6 Å². The Hall–Kier alpha value is -1.91. The lowest BCUT2D eigenvalue weighted by atomic mass is 9.89. The van der Waals surface area contributed by atoms with E-state index in [2.05, 4.69) is 5.32 Å². The maximum absolute atomic E-state index is 13.2. The Morgan fingerprint density at radius 2 is 1.88 bits per heavy atom. The Kier molecular flexibility index (Phi) is 5.17. The minimum absolute atomic E-state index is 0.0283. The number of piperidine rings is 1. The maximum atomic E-state index is 13.2. The molecule has 2 unspecified atom stereocenters. The number of carbonyl (C=O) groups is 2. The number of benzene rings is 1. The van der Waals surface area contributed by atoms with Gasteiger partial charge < -0.3 is 10.2 Å². The van der Waals surface area contributed by atoms with Crippen LogP contribution in [0.3, 0.4) is 0 Å². The number of rotatable bonds is 4. The highest BCUT2D eigenvalue weighted by Crippen LogP contribution is 2.36. The number of nitrogens with one attached hydrogen (secondary N) is 1. The van der Waals surface area contributed by atoms with Gasteiger partial charge in [-0.3, -0.25) is 9.59 Å².